The number of hydrogen-bond acceptors (Lipinski definition) is 5. The van der Waals surface area contributed by atoms with Gasteiger partial charge in [-0.15, -0.1) is 10.2 Å². The highest BCUT2D eigenvalue weighted by molar-refractivity contribution is 7.15. The van der Waals surface area contributed by atoms with E-state index in [4.69, 9.17) is 0 Å². The second-order valence-corrected chi connectivity index (χ2v) is 6.42. The van der Waals surface area contributed by atoms with Crippen LogP contribution in [0.15, 0.2) is 48.5 Å². The number of aromatic amines is 1. The Bertz CT molecular complexity index is 942. The van der Waals surface area contributed by atoms with E-state index in [2.05, 4.69) is 43.9 Å². The first-order valence-electron chi connectivity index (χ1n) is 7.36. The van der Waals surface area contributed by atoms with E-state index in [1.54, 1.807) is 11.3 Å². The molecule has 0 aliphatic heterocycles. The molecule has 0 atom stereocenters. The van der Waals surface area contributed by atoms with Gasteiger partial charge in [-0.3, -0.25) is 5.10 Å². The molecule has 0 saturated carbocycles. The van der Waals surface area contributed by atoms with E-state index in [0.717, 1.165) is 38.8 Å². The van der Waals surface area contributed by atoms with Crippen molar-refractivity contribution >= 4 is 33.1 Å². The van der Waals surface area contributed by atoms with Crippen LogP contribution >= 0.6 is 11.3 Å². The predicted molar refractivity (Wildman–Crippen MR) is 93.3 cm³/mol. The largest absolute Gasteiger partial charge is 0.330 e. The molecule has 0 aliphatic rings. The second-order valence-electron chi connectivity index (χ2n) is 5.36. The third-order valence-corrected chi connectivity index (χ3v) is 4.51. The smallest absolute Gasteiger partial charge is 0.210 e. The number of rotatable bonds is 4. The lowest BCUT2D eigenvalue weighted by atomic mass is 10.2. The fraction of sp³-hybridized carbons (Fsp3) is 0.118. The maximum atomic E-state index is 4.27. The normalized spacial score (nSPS) is 11.0. The Morgan fingerprint density at radius 3 is 2.83 bits per heavy atom. The molecule has 2 heterocycles. The predicted octanol–water partition coefficient (Wildman–Crippen LogP) is 4.06. The molecule has 4 rings (SSSR count). The van der Waals surface area contributed by atoms with Gasteiger partial charge in [0.15, 0.2) is 0 Å². The van der Waals surface area contributed by atoms with E-state index < -0.39 is 0 Å². The van der Waals surface area contributed by atoms with E-state index in [1.807, 2.05) is 37.3 Å². The summed E-state index contributed by atoms with van der Waals surface area (Å²) in [5, 5.41) is 22.0. The topological polar surface area (TPSA) is 66.5 Å². The molecule has 0 amide bonds. The molecule has 0 radical (unpaired) electrons. The summed E-state index contributed by atoms with van der Waals surface area (Å²) in [5.41, 5.74) is 4.26. The van der Waals surface area contributed by atoms with Gasteiger partial charge in [-0.2, -0.15) is 5.10 Å². The zero-order chi connectivity index (χ0) is 15.6. The number of H-pyrrole nitrogens is 1. The van der Waals surface area contributed by atoms with Crippen molar-refractivity contribution in [1.82, 2.24) is 20.4 Å². The minimum absolute atomic E-state index is 0.802. The van der Waals surface area contributed by atoms with Gasteiger partial charge in [0, 0.05) is 17.5 Å². The summed E-state index contributed by atoms with van der Waals surface area (Å²) in [6.07, 6.45) is 0.806. The number of fused-ring (bicyclic) bond motifs is 1. The number of aromatic nitrogens is 4. The van der Waals surface area contributed by atoms with Crippen LogP contribution in [0.3, 0.4) is 0 Å². The van der Waals surface area contributed by atoms with Gasteiger partial charge in [0.25, 0.3) is 0 Å². The highest BCUT2D eigenvalue weighted by Gasteiger charge is 2.07. The summed E-state index contributed by atoms with van der Waals surface area (Å²) in [5.74, 6) is 0. The molecule has 0 spiro atoms. The minimum atomic E-state index is 0.802. The quantitative estimate of drug-likeness (QED) is 0.595. The molecule has 0 fully saturated rings. The highest BCUT2D eigenvalue weighted by atomic mass is 32.1. The molecule has 2 aromatic carbocycles. The summed E-state index contributed by atoms with van der Waals surface area (Å²) in [6.45, 7) is 1.99. The van der Waals surface area contributed by atoms with Crippen molar-refractivity contribution in [3.63, 3.8) is 0 Å². The van der Waals surface area contributed by atoms with E-state index in [1.165, 1.54) is 5.56 Å². The zero-order valence-corrected chi connectivity index (χ0v) is 13.4. The molecule has 23 heavy (non-hydrogen) atoms. The molecule has 0 aliphatic carbocycles. The lowest BCUT2D eigenvalue weighted by Gasteiger charge is -2.01. The highest BCUT2D eigenvalue weighted by Crippen LogP contribution is 2.25. The summed E-state index contributed by atoms with van der Waals surface area (Å²) < 4.78 is 0. The van der Waals surface area contributed by atoms with E-state index in [0.29, 0.717) is 0 Å². The molecule has 2 aromatic heterocycles. The molecule has 0 unspecified atom stereocenters. The Morgan fingerprint density at radius 2 is 1.96 bits per heavy atom. The number of benzene rings is 2. The molecular weight excluding hydrogens is 306 g/mol. The van der Waals surface area contributed by atoms with Crippen LogP contribution in [0, 0.1) is 6.92 Å². The Balaban J connectivity index is 1.53. The van der Waals surface area contributed by atoms with E-state index in [9.17, 15) is 0 Å². The number of anilines is 2. The first kappa shape index (κ1) is 13.9. The van der Waals surface area contributed by atoms with Crippen molar-refractivity contribution < 1.29 is 0 Å². The van der Waals surface area contributed by atoms with E-state index in [-0.39, 0.29) is 0 Å². The van der Waals surface area contributed by atoms with Gasteiger partial charge < -0.3 is 5.32 Å². The lowest BCUT2D eigenvalue weighted by molar-refractivity contribution is 1.01. The van der Waals surface area contributed by atoms with Crippen LogP contribution < -0.4 is 5.32 Å². The van der Waals surface area contributed by atoms with Gasteiger partial charge in [-0.25, -0.2) is 0 Å². The first-order chi connectivity index (χ1) is 11.3. The van der Waals surface area contributed by atoms with Gasteiger partial charge in [-0.05, 0) is 30.7 Å². The Labute approximate surface area is 137 Å². The van der Waals surface area contributed by atoms with Gasteiger partial charge in [0.05, 0.1) is 11.2 Å². The summed E-state index contributed by atoms with van der Waals surface area (Å²) in [6, 6.07) is 16.4. The van der Waals surface area contributed by atoms with Crippen molar-refractivity contribution in [3.8, 4) is 0 Å². The van der Waals surface area contributed by atoms with Crippen LogP contribution in [0.1, 0.15) is 16.3 Å². The van der Waals surface area contributed by atoms with Crippen LogP contribution in [0.4, 0.5) is 10.8 Å². The molecule has 114 valence electrons. The van der Waals surface area contributed by atoms with Gasteiger partial charge in [-0.1, -0.05) is 41.7 Å². The van der Waals surface area contributed by atoms with Crippen molar-refractivity contribution in [3.05, 3.63) is 64.8 Å². The molecule has 5 nitrogen and oxygen atoms in total. The summed E-state index contributed by atoms with van der Waals surface area (Å²) in [7, 11) is 0. The van der Waals surface area contributed by atoms with Crippen LogP contribution in [0.2, 0.25) is 0 Å². The molecule has 4 aromatic rings. The van der Waals surface area contributed by atoms with Gasteiger partial charge in [0.1, 0.15) is 5.01 Å². The third-order valence-electron chi connectivity index (χ3n) is 3.67. The van der Waals surface area contributed by atoms with Crippen molar-refractivity contribution in [2.45, 2.75) is 13.3 Å². The average molecular weight is 321 g/mol. The number of aryl methyl sites for hydroxylation is 1. The zero-order valence-electron chi connectivity index (χ0n) is 12.6. The minimum Gasteiger partial charge on any atom is -0.330 e. The standard InChI is InChI=1S/C17H15N5S/c1-11-14-10-13(7-8-15(14)20-19-11)18-17-22-21-16(23-17)9-12-5-3-2-4-6-12/h2-8,10H,9H2,1H3,(H,18,22)(H,19,20). The fourth-order valence-electron chi connectivity index (χ4n) is 2.49. The third kappa shape index (κ3) is 2.93. The Kier molecular flexibility index (Phi) is 3.51. The van der Waals surface area contributed by atoms with Crippen molar-refractivity contribution in [2.75, 3.05) is 5.32 Å². The molecule has 6 heteroatoms. The maximum Gasteiger partial charge on any atom is 0.210 e. The SMILES string of the molecule is Cc1n[nH]c2ccc(Nc3nnc(Cc4ccccc4)s3)cc12. The maximum absolute atomic E-state index is 4.27. The monoisotopic (exact) mass is 321 g/mol. The number of nitrogens with one attached hydrogen (secondary N) is 2. The van der Waals surface area contributed by atoms with Gasteiger partial charge in [0.2, 0.25) is 5.13 Å². The Morgan fingerprint density at radius 1 is 1.09 bits per heavy atom. The van der Waals surface area contributed by atoms with Crippen molar-refractivity contribution in [2.24, 2.45) is 0 Å². The first-order valence-corrected chi connectivity index (χ1v) is 8.17. The number of nitrogens with zero attached hydrogens (tertiary/aromatic N) is 3. The van der Waals surface area contributed by atoms with Crippen LogP contribution in [0.5, 0.6) is 0 Å². The Hall–Kier alpha value is -2.73. The second kappa shape index (κ2) is 5.81. The summed E-state index contributed by atoms with van der Waals surface area (Å²) in [4.78, 5) is 0. The van der Waals surface area contributed by atoms with Crippen LogP contribution in [-0.4, -0.2) is 20.4 Å². The van der Waals surface area contributed by atoms with Crippen molar-refractivity contribution in [1.29, 1.82) is 0 Å². The van der Waals surface area contributed by atoms with E-state index >= 15 is 0 Å². The van der Waals surface area contributed by atoms with Crippen LogP contribution in [-0.2, 0) is 6.42 Å². The lowest BCUT2D eigenvalue weighted by Crippen LogP contribution is -1.89. The van der Waals surface area contributed by atoms with Gasteiger partial charge >= 0.3 is 0 Å². The average Bonchev–Trinajstić information content (AvgIpc) is 3.16. The number of hydrogen-bond donors (Lipinski definition) is 2. The molecular formula is C17H15N5S. The fourth-order valence-corrected chi connectivity index (χ4v) is 3.29. The molecule has 0 bridgehead atoms. The molecule has 0 saturated heterocycles. The summed E-state index contributed by atoms with van der Waals surface area (Å²) >= 11 is 1.58. The van der Waals surface area contributed by atoms with Crippen LogP contribution in [0.25, 0.3) is 10.9 Å². The molecule has 2 N–H and O–H groups in total.